The van der Waals surface area contributed by atoms with E-state index < -0.39 is 0 Å². The van der Waals surface area contributed by atoms with Crippen molar-refractivity contribution in [3.63, 3.8) is 0 Å². The summed E-state index contributed by atoms with van der Waals surface area (Å²) in [4.78, 5) is 8.84. The number of fused-ring (bicyclic) bond motifs is 1. The molecule has 0 saturated heterocycles. The first-order valence-corrected chi connectivity index (χ1v) is 10.4. The van der Waals surface area contributed by atoms with E-state index in [0.29, 0.717) is 27.8 Å². The van der Waals surface area contributed by atoms with Crippen LogP contribution in [0.25, 0.3) is 5.78 Å². The number of nitrogens with zero attached hydrogens (tertiary/aromatic N) is 6. The molecule has 0 aliphatic rings. The van der Waals surface area contributed by atoms with Crippen LogP contribution in [-0.4, -0.2) is 35.5 Å². The van der Waals surface area contributed by atoms with Crippen molar-refractivity contribution >= 4 is 29.3 Å². The minimum absolute atomic E-state index is 0.554. The van der Waals surface area contributed by atoms with Crippen molar-refractivity contribution in [2.24, 2.45) is 0 Å². The molecule has 0 radical (unpaired) electrons. The van der Waals surface area contributed by atoms with Gasteiger partial charge in [0.2, 0.25) is 11.0 Å². The summed E-state index contributed by atoms with van der Waals surface area (Å²) < 4.78 is 7.42. The summed E-state index contributed by atoms with van der Waals surface area (Å²) in [7, 11) is 0. The fraction of sp³-hybridized carbons (Fsp3) is 0.562. The van der Waals surface area contributed by atoms with Crippen molar-refractivity contribution in [1.82, 2.24) is 29.8 Å². The average molecular weight is 379 g/mol. The predicted molar refractivity (Wildman–Crippen MR) is 99.0 cm³/mol. The molecular formula is C16H22N6OS2. The topological polar surface area (TPSA) is 82.0 Å². The molecule has 0 unspecified atom stereocenters. The van der Waals surface area contributed by atoms with Gasteiger partial charge in [-0.1, -0.05) is 49.7 Å². The van der Waals surface area contributed by atoms with E-state index in [-0.39, 0.29) is 0 Å². The van der Waals surface area contributed by atoms with Crippen LogP contribution in [0, 0.1) is 13.8 Å². The zero-order chi connectivity index (χ0) is 17.6. The number of aryl methyl sites for hydroxylation is 2. The molecule has 0 bridgehead atoms. The summed E-state index contributed by atoms with van der Waals surface area (Å²) in [6, 6.07) is 1.98. The molecule has 0 atom stereocenters. The first-order chi connectivity index (χ1) is 12.2. The van der Waals surface area contributed by atoms with Crippen molar-refractivity contribution in [3.05, 3.63) is 23.3 Å². The SMILES string of the molecule is CCCCCCSc1nnc(CSc2nc3nc(C)cc(C)n3n2)o1. The minimum Gasteiger partial charge on any atom is -0.415 e. The molecular weight excluding hydrogens is 356 g/mol. The van der Waals surface area contributed by atoms with Crippen LogP contribution < -0.4 is 0 Å². The zero-order valence-electron chi connectivity index (χ0n) is 14.7. The van der Waals surface area contributed by atoms with Crippen LogP contribution in [0.5, 0.6) is 0 Å². The molecule has 3 aromatic heterocycles. The normalized spacial score (nSPS) is 11.5. The second kappa shape index (κ2) is 8.66. The maximum atomic E-state index is 5.67. The Morgan fingerprint density at radius 2 is 1.96 bits per heavy atom. The van der Waals surface area contributed by atoms with Crippen LogP contribution in [-0.2, 0) is 5.75 Å². The summed E-state index contributed by atoms with van der Waals surface area (Å²) in [5.74, 6) is 2.79. The summed E-state index contributed by atoms with van der Waals surface area (Å²) >= 11 is 3.10. The lowest BCUT2D eigenvalue weighted by molar-refractivity contribution is 0.426. The highest BCUT2D eigenvalue weighted by Gasteiger charge is 2.11. The van der Waals surface area contributed by atoms with Gasteiger partial charge in [-0.2, -0.15) is 4.98 Å². The monoisotopic (exact) mass is 378 g/mol. The summed E-state index contributed by atoms with van der Waals surface area (Å²) in [5.41, 5.74) is 1.95. The van der Waals surface area contributed by atoms with Crippen LogP contribution in [0.1, 0.15) is 49.9 Å². The van der Waals surface area contributed by atoms with Crippen LogP contribution in [0.3, 0.4) is 0 Å². The second-order valence-electron chi connectivity index (χ2n) is 5.80. The highest BCUT2D eigenvalue weighted by molar-refractivity contribution is 7.99. The molecule has 7 nitrogen and oxygen atoms in total. The van der Waals surface area contributed by atoms with Gasteiger partial charge >= 0.3 is 0 Å². The molecule has 134 valence electrons. The number of rotatable bonds is 9. The van der Waals surface area contributed by atoms with E-state index in [0.717, 1.165) is 17.1 Å². The molecule has 0 aliphatic carbocycles. The smallest absolute Gasteiger partial charge is 0.276 e. The van der Waals surface area contributed by atoms with Gasteiger partial charge in [0, 0.05) is 17.1 Å². The van der Waals surface area contributed by atoms with Crippen LogP contribution >= 0.6 is 23.5 Å². The average Bonchev–Trinajstić information content (AvgIpc) is 3.19. The van der Waals surface area contributed by atoms with Crippen LogP contribution in [0.15, 0.2) is 20.9 Å². The van der Waals surface area contributed by atoms with E-state index in [9.17, 15) is 0 Å². The van der Waals surface area contributed by atoms with E-state index >= 15 is 0 Å². The largest absolute Gasteiger partial charge is 0.415 e. The highest BCUT2D eigenvalue weighted by atomic mass is 32.2. The molecule has 0 aromatic carbocycles. The first-order valence-electron chi connectivity index (χ1n) is 8.44. The molecule has 0 amide bonds. The zero-order valence-corrected chi connectivity index (χ0v) is 16.4. The number of hydrogen-bond donors (Lipinski definition) is 0. The Kier molecular flexibility index (Phi) is 6.30. The second-order valence-corrected chi connectivity index (χ2v) is 7.79. The third-order valence-electron chi connectivity index (χ3n) is 3.60. The molecule has 0 saturated carbocycles. The Morgan fingerprint density at radius 3 is 2.80 bits per heavy atom. The molecule has 0 fully saturated rings. The van der Waals surface area contributed by atoms with Gasteiger partial charge in [-0.05, 0) is 26.3 Å². The van der Waals surface area contributed by atoms with E-state index in [1.165, 1.54) is 37.4 Å². The number of hydrogen-bond acceptors (Lipinski definition) is 8. The molecule has 0 aliphatic heterocycles. The molecule has 25 heavy (non-hydrogen) atoms. The maximum Gasteiger partial charge on any atom is 0.276 e. The van der Waals surface area contributed by atoms with Crippen molar-refractivity contribution in [2.75, 3.05) is 5.75 Å². The number of aromatic nitrogens is 6. The van der Waals surface area contributed by atoms with Gasteiger partial charge in [0.1, 0.15) is 0 Å². The lowest BCUT2D eigenvalue weighted by Gasteiger charge is -1.97. The van der Waals surface area contributed by atoms with E-state index in [4.69, 9.17) is 4.42 Å². The van der Waals surface area contributed by atoms with Crippen molar-refractivity contribution in [1.29, 1.82) is 0 Å². The number of thioether (sulfide) groups is 2. The van der Waals surface area contributed by atoms with E-state index in [1.807, 2.05) is 19.9 Å². The Labute approximate surface area is 155 Å². The fourth-order valence-electron chi connectivity index (χ4n) is 2.38. The molecule has 3 rings (SSSR count). The summed E-state index contributed by atoms with van der Waals surface area (Å²) in [6.07, 6.45) is 4.97. The standard InChI is InChI=1S/C16H22N6OS2/c1-4-5-6-7-8-24-16-20-19-13(23-16)10-25-15-18-14-17-11(2)9-12(3)22(14)21-15/h9H,4-8,10H2,1-3H3. The van der Waals surface area contributed by atoms with E-state index in [1.54, 1.807) is 16.3 Å². The van der Waals surface area contributed by atoms with Crippen molar-refractivity contribution in [3.8, 4) is 0 Å². The van der Waals surface area contributed by atoms with Gasteiger partial charge in [-0.3, -0.25) is 0 Å². The lowest BCUT2D eigenvalue weighted by atomic mass is 10.2. The lowest BCUT2D eigenvalue weighted by Crippen LogP contribution is -1.97. The van der Waals surface area contributed by atoms with Crippen molar-refractivity contribution < 1.29 is 4.42 Å². The highest BCUT2D eigenvalue weighted by Crippen LogP contribution is 2.23. The van der Waals surface area contributed by atoms with Gasteiger partial charge < -0.3 is 4.42 Å². The Bertz CT molecular complexity index is 831. The minimum atomic E-state index is 0.554. The Balaban J connectivity index is 1.53. The van der Waals surface area contributed by atoms with Gasteiger partial charge in [-0.25, -0.2) is 9.50 Å². The quantitative estimate of drug-likeness (QED) is 0.407. The number of unbranched alkanes of at least 4 members (excludes halogenated alkanes) is 3. The van der Waals surface area contributed by atoms with Gasteiger partial charge in [0.05, 0.1) is 5.75 Å². The Hall–Kier alpha value is -1.61. The Morgan fingerprint density at radius 1 is 1.08 bits per heavy atom. The molecule has 3 aromatic rings. The third-order valence-corrected chi connectivity index (χ3v) is 5.32. The molecule has 0 N–H and O–H groups in total. The summed E-state index contributed by atoms with van der Waals surface area (Å²) in [6.45, 7) is 6.16. The van der Waals surface area contributed by atoms with Crippen molar-refractivity contribution in [2.45, 2.75) is 62.6 Å². The molecule has 9 heteroatoms. The van der Waals surface area contributed by atoms with Crippen LogP contribution in [0.4, 0.5) is 0 Å². The van der Waals surface area contributed by atoms with Crippen LogP contribution in [0.2, 0.25) is 0 Å². The molecule has 0 spiro atoms. The predicted octanol–water partition coefficient (Wildman–Crippen LogP) is 4.09. The fourth-order valence-corrected chi connectivity index (χ4v) is 3.81. The first kappa shape index (κ1) is 18.2. The van der Waals surface area contributed by atoms with Gasteiger partial charge in [0.15, 0.2) is 0 Å². The van der Waals surface area contributed by atoms with Gasteiger partial charge in [-0.15, -0.1) is 15.3 Å². The van der Waals surface area contributed by atoms with Gasteiger partial charge in [0.25, 0.3) is 11.0 Å². The maximum absolute atomic E-state index is 5.67. The molecule has 3 heterocycles. The summed E-state index contributed by atoms with van der Waals surface area (Å²) in [5, 5.41) is 14.0. The third kappa shape index (κ3) is 4.94. The van der Waals surface area contributed by atoms with E-state index in [2.05, 4.69) is 32.2 Å².